The van der Waals surface area contributed by atoms with Gasteiger partial charge in [-0.3, -0.25) is 14.6 Å². The van der Waals surface area contributed by atoms with E-state index in [4.69, 9.17) is 4.74 Å². The Hall–Kier alpha value is -1.95. The van der Waals surface area contributed by atoms with E-state index in [2.05, 4.69) is 4.98 Å². The van der Waals surface area contributed by atoms with Crippen molar-refractivity contribution < 1.29 is 14.3 Å². The zero-order valence-corrected chi connectivity index (χ0v) is 13.5. The summed E-state index contributed by atoms with van der Waals surface area (Å²) in [6.07, 6.45) is 5.43. The van der Waals surface area contributed by atoms with E-state index >= 15 is 0 Å². The molecule has 3 heterocycles. The average molecular weight is 317 g/mol. The Morgan fingerprint density at radius 3 is 2.87 bits per heavy atom. The highest BCUT2D eigenvalue weighted by Gasteiger charge is 2.36. The molecule has 2 atom stereocenters. The molecule has 1 aromatic rings. The van der Waals surface area contributed by atoms with Gasteiger partial charge in [0, 0.05) is 39.0 Å². The van der Waals surface area contributed by atoms with Crippen molar-refractivity contribution in [2.24, 2.45) is 0 Å². The molecule has 2 fully saturated rings. The minimum Gasteiger partial charge on any atom is -0.374 e. The van der Waals surface area contributed by atoms with E-state index in [-0.39, 0.29) is 24.0 Å². The first-order valence-electron chi connectivity index (χ1n) is 8.20. The summed E-state index contributed by atoms with van der Waals surface area (Å²) in [4.78, 5) is 32.2. The number of ether oxygens (including phenoxy) is 1. The highest BCUT2D eigenvalue weighted by atomic mass is 16.5. The van der Waals surface area contributed by atoms with Crippen molar-refractivity contribution in [3.05, 3.63) is 30.1 Å². The van der Waals surface area contributed by atoms with E-state index in [1.807, 2.05) is 21.9 Å². The van der Waals surface area contributed by atoms with Crippen molar-refractivity contribution in [2.75, 3.05) is 26.2 Å². The third-order valence-corrected chi connectivity index (χ3v) is 4.71. The maximum Gasteiger partial charge on any atom is 0.227 e. The van der Waals surface area contributed by atoms with Crippen LogP contribution in [0.2, 0.25) is 0 Å². The van der Waals surface area contributed by atoms with Crippen LogP contribution in [0.4, 0.5) is 0 Å². The summed E-state index contributed by atoms with van der Waals surface area (Å²) in [7, 11) is 0. The number of nitrogens with zero attached hydrogens (tertiary/aromatic N) is 3. The van der Waals surface area contributed by atoms with Gasteiger partial charge >= 0.3 is 0 Å². The van der Waals surface area contributed by atoms with Crippen molar-refractivity contribution in [1.29, 1.82) is 0 Å². The Morgan fingerprint density at radius 1 is 1.30 bits per heavy atom. The molecule has 0 unspecified atom stereocenters. The molecular formula is C17H23N3O3. The summed E-state index contributed by atoms with van der Waals surface area (Å²) in [6.45, 7) is 4.21. The summed E-state index contributed by atoms with van der Waals surface area (Å²) in [5, 5.41) is 0. The number of hydrogen-bond acceptors (Lipinski definition) is 4. The Labute approximate surface area is 136 Å². The molecule has 2 saturated heterocycles. The molecule has 0 bridgehead atoms. The van der Waals surface area contributed by atoms with Gasteiger partial charge in [-0.25, -0.2) is 0 Å². The monoisotopic (exact) mass is 317 g/mol. The van der Waals surface area contributed by atoms with Crippen LogP contribution in [0.3, 0.4) is 0 Å². The second-order valence-corrected chi connectivity index (χ2v) is 6.19. The predicted octanol–water partition coefficient (Wildman–Crippen LogP) is 0.862. The topological polar surface area (TPSA) is 62.7 Å². The number of morpholine rings is 1. The first-order valence-corrected chi connectivity index (χ1v) is 8.20. The Morgan fingerprint density at radius 2 is 2.13 bits per heavy atom. The Bertz CT molecular complexity index is 563. The zero-order valence-electron chi connectivity index (χ0n) is 13.5. The van der Waals surface area contributed by atoms with E-state index in [1.54, 1.807) is 19.3 Å². The maximum absolute atomic E-state index is 12.5. The number of pyridine rings is 1. The summed E-state index contributed by atoms with van der Waals surface area (Å²) in [5.41, 5.74) is 0.931. The van der Waals surface area contributed by atoms with Crippen LogP contribution in [0.15, 0.2) is 24.5 Å². The number of carbonyl (C=O) groups excluding carboxylic acids is 2. The third-order valence-electron chi connectivity index (χ3n) is 4.71. The van der Waals surface area contributed by atoms with Crippen LogP contribution in [0.25, 0.3) is 0 Å². The van der Waals surface area contributed by atoms with E-state index in [1.165, 1.54) is 0 Å². The van der Waals surface area contributed by atoms with Crippen LogP contribution in [0.5, 0.6) is 0 Å². The molecule has 0 N–H and O–H groups in total. The Balaban J connectivity index is 1.63. The van der Waals surface area contributed by atoms with Crippen molar-refractivity contribution in [2.45, 2.75) is 38.3 Å². The van der Waals surface area contributed by atoms with E-state index in [0.29, 0.717) is 32.7 Å². The van der Waals surface area contributed by atoms with Crippen LogP contribution in [-0.4, -0.2) is 65.0 Å². The van der Waals surface area contributed by atoms with E-state index in [0.717, 1.165) is 18.4 Å². The number of carbonyl (C=O) groups is 2. The molecular weight excluding hydrogens is 294 g/mol. The minimum absolute atomic E-state index is 0.0452. The molecule has 6 heteroatoms. The molecule has 124 valence electrons. The van der Waals surface area contributed by atoms with Crippen molar-refractivity contribution >= 4 is 11.8 Å². The van der Waals surface area contributed by atoms with Crippen molar-refractivity contribution in [3.63, 3.8) is 0 Å². The first kappa shape index (κ1) is 15.9. The second kappa shape index (κ2) is 7.08. The van der Waals surface area contributed by atoms with Gasteiger partial charge in [0.15, 0.2) is 0 Å². The first-order chi connectivity index (χ1) is 11.1. The fourth-order valence-corrected chi connectivity index (χ4v) is 3.51. The molecule has 0 radical (unpaired) electrons. The lowest BCUT2D eigenvalue weighted by Crippen LogP contribution is -2.52. The highest BCUT2D eigenvalue weighted by molar-refractivity contribution is 5.78. The number of likely N-dealkylation sites (tertiary alicyclic amines) is 1. The van der Waals surface area contributed by atoms with Crippen LogP contribution < -0.4 is 0 Å². The molecule has 0 aromatic carbocycles. The van der Waals surface area contributed by atoms with Gasteiger partial charge < -0.3 is 14.5 Å². The number of rotatable bonds is 2. The Kier molecular flexibility index (Phi) is 4.91. The van der Waals surface area contributed by atoms with E-state index < -0.39 is 0 Å². The minimum atomic E-state index is 0.0452. The summed E-state index contributed by atoms with van der Waals surface area (Å²) in [5.74, 6) is 0.212. The largest absolute Gasteiger partial charge is 0.374 e. The SMILES string of the molecule is CC(=O)N1CCO[C@@H]2CCN(C(=O)Cc3cccnc3)CC[C@@H]21. The van der Waals surface area contributed by atoms with Crippen LogP contribution in [0, 0.1) is 0 Å². The third kappa shape index (κ3) is 3.69. The molecule has 3 rings (SSSR count). The van der Waals surface area contributed by atoms with Gasteiger partial charge in [0.05, 0.1) is 25.2 Å². The highest BCUT2D eigenvalue weighted by Crippen LogP contribution is 2.24. The molecule has 0 aliphatic carbocycles. The lowest BCUT2D eigenvalue weighted by atomic mass is 10.0. The molecule has 0 saturated carbocycles. The fourth-order valence-electron chi connectivity index (χ4n) is 3.51. The zero-order chi connectivity index (χ0) is 16.2. The van der Waals surface area contributed by atoms with Crippen molar-refractivity contribution in [1.82, 2.24) is 14.8 Å². The normalized spacial score (nSPS) is 24.7. The van der Waals surface area contributed by atoms with Crippen molar-refractivity contribution in [3.8, 4) is 0 Å². The second-order valence-electron chi connectivity index (χ2n) is 6.19. The molecule has 6 nitrogen and oxygen atoms in total. The standard InChI is InChI=1S/C17H23N3O3/c1-13(21)20-9-10-23-16-5-8-19(7-4-15(16)20)17(22)11-14-3-2-6-18-12-14/h2-3,6,12,15-16H,4-5,7-11H2,1H3/t15-,16+/m0/s1. The number of fused-ring (bicyclic) bond motifs is 1. The number of aromatic nitrogens is 1. The fraction of sp³-hybridized carbons (Fsp3) is 0.588. The van der Waals surface area contributed by atoms with Gasteiger partial charge in [-0.05, 0) is 24.5 Å². The predicted molar refractivity (Wildman–Crippen MR) is 84.7 cm³/mol. The lowest BCUT2D eigenvalue weighted by molar-refractivity contribution is -0.144. The summed E-state index contributed by atoms with van der Waals surface area (Å²) < 4.78 is 5.85. The molecule has 2 amide bonds. The van der Waals surface area contributed by atoms with Gasteiger partial charge in [-0.15, -0.1) is 0 Å². The van der Waals surface area contributed by atoms with E-state index in [9.17, 15) is 9.59 Å². The molecule has 2 aliphatic heterocycles. The molecule has 1 aromatic heterocycles. The molecule has 23 heavy (non-hydrogen) atoms. The summed E-state index contributed by atoms with van der Waals surface area (Å²) >= 11 is 0. The van der Waals surface area contributed by atoms with Gasteiger partial charge in [-0.1, -0.05) is 6.07 Å². The average Bonchev–Trinajstić information content (AvgIpc) is 2.78. The van der Waals surface area contributed by atoms with Crippen LogP contribution in [0.1, 0.15) is 25.3 Å². The van der Waals surface area contributed by atoms with Crippen LogP contribution >= 0.6 is 0 Å². The van der Waals surface area contributed by atoms with Gasteiger partial charge in [-0.2, -0.15) is 0 Å². The quantitative estimate of drug-likeness (QED) is 0.812. The van der Waals surface area contributed by atoms with Gasteiger partial charge in [0.2, 0.25) is 11.8 Å². The smallest absolute Gasteiger partial charge is 0.227 e. The number of amides is 2. The summed E-state index contributed by atoms with van der Waals surface area (Å²) in [6, 6.07) is 3.86. The lowest BCUT2D eigenvalue weighted by Gasteiger charge is -2.39. The molecule has 2 aliphatic rings. The number of hydrogen-bond donors (Lipinski definition) is 0. The van der Waals surface area contributed by atoms with Crippen LogP contribution in [-0.2, 0) is 20.7 Å². The molecule has 0 spiro atoms. The van der Waals surface area contributed by atoms with Gasteiger partial charge in [0.1, 0.15) is 0 Å². The maximum atomic E-state index is 12.5. The van der Waals surface area contributed by atoms with Gasteiger partial charge in [0.25, 0.3) is 0 Å².